The minimum absolute atomic E-state index is 0.281. The van der Waals surface area contributed by atoms with Crippen LogP contribution in [0.2, 0.25) is 0 Å². The highest BCUT2D eigenvalue weighted by molar-refractivity contribution is 7.89. The van der Waals surface area contributed by atoms with Crippen molar-refractivity contribution in [3.05, 3.63) is 27.0 Å². The Morgan fingerprint density at radius 1 is 1.33 bits per heavy atom. The third-order valence-electron chi connectivity index (χ3n) is 2.67. The van der Waals surface area contributed by atoms with Crippen LogP contribution < -0.4 is 16.0 Å². The van der Waals surface area contributed by atoms with Crippen molar-refractivity contribution >= 4 is 10.0 Å². The molecule has 0 saturated carbocycles. The Labute approximate surface area is 105 Å². The van der Waals surface area contributed by atoms with E-state index >= 15 is 0 Å². The molecule has 1 aromatic rings. The highest BCUT2D eigenvalue weighted by Crippen LogP contribution is 2.02. The summed E-state index contributed by atoms with van der Waals surface area (Å²) in [5, 5.41) is 0. The number of aryl methyl sites for hydroxylation is 1. The lowest BCUT2D eigenvalue weighted by Crippen LogP contribution is -2.42. The van der Waals surface area contributed by atoms with Gasteiger partial charge in [0.15, 0.2) is 4.90 Å². The van der Waals surface area contributed by atoms with Crippen molar-refractivity contribution in [2.75, 3.05) is 0 Å². The molecule has 18 heavy (non-hydrogen) atoms. The first kappa shape index (κ1) is 14.7. The van der Waals surface area contributed by atoms with Crippen molar-refractivity contribution in [1.29, 1.82) is 0 Å². The number of rotatable bonds is 4. The summed E-state index contributed by atoms with van der Waals surface area (Å²) in [6.07, 6.45) is 1.64. The number of sulfonamides is 1. The summed E-state index contributed by atoms with van der Waals surface area (Å²) in [5.41, 5.74) is -1.39. The van der Waals surface area contributed by atoms with E-state index in [2.05, 4.69) is 4.72 Å². The van der Waals surface area contributed by atoms with Gasteiger partial charge in [-0.05, 0) is 13.3 Å². The third kappa shape index (κ3) is 2.70. The van der Waals surface area contributed by atoms with Crippen LogP contribution in [0.3, 0.4) is 0 Å². The molecular formula is C10H17N3O4S. The molecule has 0 bridgehead atoms. The molecule has 0 aromatic carbocycles. The lowest BCUT2D eigenvalue weighted by Gasteiger charge is -2.12. The summed E-state index contributed by atoms with van der Waals surface area (Å²) in [5.74, 6) is 0. The van der Waals surface area contributed by atoms with Crippen molar-refractivity contribution in [3.63, 3.8) is 0 Å². The van der Waals surface area contributed by atoms with Crippen LogP contribution in [-0.4, -0.2) is 23.6 Å². The van der Waals surface area contributed by atoms with Gasteiger partial charge in [0.25, 0.3) is 5.56 Å². The fourth-order valence-electron chi connectivity index (χ4n) is 1.37. The topological polar surface area (TPSA) is 90.2 Å². The van der Waals surface area contributed by atoms with E-state index in [0.717, 1.165) is 15.3 Å². The molecule has 102 valence electrons. The van der Waals surface area contributed by atoms with Crippen LogP contribution in [0.25, 0.3) is 0 Å². The van der Waals surface area contributed by atoms with Crippen molar-refractivity contribution < 1.29 is 8.42 Å². The summed E-state index contributed by atoms with van der Waals surface area (Å²) in [7, 11) is -1.27. The van der Waals surface area contributed by atoms with E-state index in [1.165, 1.54) is 14.1 Å². The summed E-state index contributed by atoms with van der Waals surface area (Å²) < 4.78 is 28.2. The zero-order valence-electron chi connectivity index (χ0n) is 10.8. The normalized spacial score (nSPS) is 13.6. The maximum absolute atomic E-state index is 12.0. The van der Waals surface area contributed by atoms with Crippen molar-refractivity contribution in [2.45, 2.75) is 31.2 Å². The Morgan fingerprint density at radius 2 is 1.89 bits per heavy atom. The molecule has 0 amide bonds. The molecular weight excluding hydrogens is 258 g/mol. The van der Waals surface area contributed by atoms with E-state index in [-0.39, 0.29) is 6.04 Å². The Morgan fingerprint density at radius 3 is 2.39 bits per heavy atom. The first-order chi connectivity index (χ1) is 8.20. The van der Waals surface area contributed by atoms with E-state index in [9.17, 15) is 18.0 Å². The maximum atomic E-state index is 12.0. The molecule has 0 aliphatic rings. The van der Waals surface area contributed by atoms with Crippen LogP contribution in [0.1, 0.15) is 20.3 Å². The second kappa shape index (κ2) is 5.07. The third-order valence-corrected chi connectivity index (χ3v) is 4.24. The second-order valence-corrected chi connectivity index (χ2v) is 5.86. The van der Waals surface area contributed by atoms with Crippen LogP contribution in [0.15, 0.2) is 20.7 Å². The molecule has 8 heteroatoms. The van der Waals surface area contributed by atoms with E-state index in [4.69, 9.17) is 0 Å². The molecule has 0 radical (unpaired) electrons. The minimum Gasteiger partial charge on any atom is -0.302 e. The number of hydrogen-bond acceptors (Lipinski definition) is 4. The van der Waals surface area contributed by atoms with E-state index in [1.54, 1.807) is 6.92 Å². The van der Waals surface area contributed by atoms with E-state index in [1.807, 2.05) is 6.92 Å². The number of nitrogens with one attached hydrogen (secondary N) is 1. The summed E-state index contributed by atoms with van der Waals surface area (Å²) in [4.78, 5) is 22.8. The van der Waals surface area contributed by atoms with Gasteiger partial charge < -0.3 is 4.57 Å². The van der Waals surface area contributed by atoms with Gasteiger partial charge in [-0.3, -0.25) is 9.36 Å². The zero-order valence-corrected chi connectivity index (χ0v) is 11.6. The maximum Gasteiger partial charge on any atom is 0.330 e. The average Bonchev–Trinajstić information content (AvgIpc) is 2.30. The lowest BCUT2D eigenvalue weighted by molar-refractivity contribution is 0.548. The molecule has 0 fully saturated rings. The fraction of sp³-hybridized carbons (Fsp3) is 0.600. The molecule has 0 aliphatic heterocycles. The summed E-state index contributed by atoms with van der Waals surface area (Å²) in [6.45, 7) is 3.52. The lowest BCUT2D eigenvalue weighted by atomic mass is 10.3. The number of aromatic nitrogens is 2. The molecule has 1 rings (SSSR count). The quantitative estimate of drug-likeness (QED) is 0.776. The molecule has 7 nitrogen and oxygen atoms in total. The van der Waals surface area contributed by atoms with Gasteiger partial charge in [0.05, 0.1) is 0 Å². The van der Waals surface area contributed by atoms with Gasteiger partial charge in [0.2, 0.25) is 10.0 Å². The number of hydrogen-bond donors (Lipinski definition) is 1. The zero-order chi connectivity index (χ0) is 14.1. The molecule has 0 spiro atoms. The van der Waals surface area contributed by atoms with Gasteiger partial charge in [-0.25, -0.2) is 17.9 Å². The second-order valence-electron chi connectivity index (χ2n) is 4.18. The van der Waals surface area contributed by atoms with Crippen LogP contribution in [0.4, 0.5) is 0 Å². The van der Waals surface area contributed by atoms with Gasteiger partial charge in [-0.1, -0.05) is 6.92 Å². The van der Waals surface area contributed by atoms with Crippen molar-refractivity contribution in [2.24, 2.45) is 14.1 Å². The number of nitrogens with zero attached hydrogens (tertiary/aromatic N) is 2. The SMILES string of the molecule is CC[C@H](C)NS(=O)(=O)c1cn(C)c(=O)n(C)c1=O. The standard InChI is InChI=1S/C10H17N3O4S/c1-5-7(2)11-18(16,17)8-6-12(3)10(15)13(4)9(8)14/h6-7,11H,5H2,1-4H3/t7-/m0/s1. The van der Waals surface area contributed by atoms with Crippen LogP contribution in [0, 0.1) is 0 Å². The van der Waals surface area contributed by atoms with Crippen LogP contribution in [0.5, 0.6) is 0 Å². The summed E-state index contributed by atoms with van der Waals surface area (Å²) in [6, 6.07) is -0.281. The van der Waals surface area contributed by atoms with E-state index in [0.29, 0.717) is 6.42 Å². The minimum atomic E-state index is -3.91. The molecule has 1 N–H and O–H groups in total. The predicted octanol–water partition coefficient (Wildman–Crippen LogP) is -0.839. The van der Waals surface area contributed by atoms with Crippen molar-refractivity contribution in [3.8, 4) is 0 Å². The molecule has 0 unspecified atom stereocenters. The van der Waals surface area contributed by atoms with Crippen LogP contribution in [-0.2, 0) is 24.1 Å². The highest BCUT2D eigenvalue weighted by atomic mass is 32.2. The average molecular weight is 275 g/mol. The van der Waals surface area contributed by atoms with Crippen LogP contribution >= 0.6 is 0 Å². The van der Waals surface area contributed by atoms with Gasteiger partial charge >= 0.3 is 5.69 Å². The molecule has 0 saturated heterocycles. The largest absolute Gasteiger partial charge is 0.330 e. The van der Waals surface area contributed by atoms with Gasteiger partial charge in [0.1, 0.15) is 0 Å². The molecule has 1 aromatic heterocycles. The monoisotopic (exact) mass is 275 g/mol. The highest BCUT2D eigenvalue weighted by Gasteiger charge is 2.22. The van der Waals surface area contributed by atoms with Gasteiger partial charge in [0, 0.05) is 26.3 Å². The Hall–Kier alpha value is -1.41. The molecule has 1 atom stereocenters. The summed E-state index contributed by atoms with van der Waals surface area (Å²) >= 11 is 0. The first-order valence-corrected chi connectivity index (χ1v) is 6.98. The smallest absolute Gasteiger partial charge is 0.302 e. The Kier molecular flexibility index (Phi) is 4.12. The predicted molar refractivity (Wildman–Crippen MR) is 67.0 cm³/mol. The molecule has 0 aliphatic carbocycles. The van der Waals surface area contributed by atoms with Gasteiger partial charge in [-0.2, -0.15) is 0 Å². The Balaban J connectivity index is 3.44. The fourth-order valence-corrected chi connectivity index (χ4v) is 2.86. The first-order valence-electron chi connectivity index (χ1n) is 5.49. The van der Waals surface area contributed by atoms with Crippen molar-refractivity contribution in [1.82, 2.24) is 13.9 Å². The molecule has 1 heterocycles. The van der Waals surface area contributed by atoms with E-state index < -0.39 is 26.2 Å². The Bertz CT molecular complexity index is 657. The van der Waals surface area contributed by atoms with Gasteiger partial charge in [-0.15, -0.1) is 0 Å².